The van der Waals surface area contributed by atoms with Crippen molar-refractivity contribution < 1.29 is 4.79 Å². The average Bonchev–Trinajstić information content (AvgIpc) is 2.77. The first-order chi connectivity index (χ1) is 15.4. The Hall–Kier alpha value is -2.95. The molecule has 0 spiro atoms. The molecule has 0 aliphatic carbocycles. The molecular formula is C27H35N3O2. The Labute approximate surface area is 191 Å². The van der Waals surface area contributed by atoms with Crippen LogP contribution in [0.1, 0.15) is 75.9 Å². The van der Waals surface area contributed by atoms with Gasteiger partial charge < -0.3 is 4.90 Å². The van der Waals surface area contributed by atoms with Gasteiger partial charge in [-0.2, -0.15) is 0 Å². The predicted molar refractivity (Wildman–Crippen MR) is 131 cm³/mol. The Morgan fingerprint density at radius 2 is 1.81 bits per heavy atom. The van der Waals surface area contributed by atoms with E-state index >= 15 is 0 Å². The van der Waals surface area contributed by atoms with E-state index in [-0.39, 0.29) is 17.5 Å². The summed E-state index contributed by atoms with van der Waals surface area (Å²) in [6.45, 7) is 10.9. The zero-order valence-corrected chi connectivity index (χ0v) is 20.0. The molecule has 0 bridgehead atoms. The van der Waals surface area contributed by atoms with Gasteiger partial charge >= 0.3 is 0 Å². The molecule has 0 saturated carbocycles. The maximum absolute atomic E-state index is 13.7. The second-order valence-corrected chi connectivity index (χ2v) is 8.64. The zero-order chi connectivity index (χ0) is 23.3. The Morgan fingerprint density at radius 3 is 2.50 bits per heavy atom. The van der Waals surface area contributed by atoms with Crippen molar-refractivity contribution in [2.75, 3.05) is 6.54 Å². The van der Waals surface area contributed by atoms with Gasteiger partial charge in [0.15, 0.2) is 0 Å². The third-order valence-corrected chi connectivity index (χ3v) is 6.02. The van der Waals surface area contributed by atoms with Gasteiger partial charge in [-0.3, -0.25) is 14.2 Å². The first kappa shape index (κ1) is 23.7. The van der Waals surface area contributed by atoms with Crippen LogP contribution in [-0.2, 0) is 4.79 Å². The number of hydrogen-bond acceptors (Lipinski definition) is 3. The first-order valence-electron chi connectivity index (χ1n) is 11.8. The minimum Gasteiger partial charge on any atom is -0.333 e. The standard InChI is InChI=1S/C27H35N3O2/c1-6-8-11-17-29(25(31)12-7-2)21(5)26-28-23-14-10-9-13-22(23)27(32)30(26)24-16-15-19(3)18-20(24)4/h9-10,13-16,18,21H,6-8,11-12,17H2,1-5H3/t21-/m0/s1. The van der Waals surface area contributed by atoms with E-state index in [9.17, 15) is 9.59 Å². The second-order valence-electron chi connectivity index (χ2n) is 8.64. The topological polar surface area (TPSA) is 55.2 Å². The highest BCUT2D eigenvalue weighted by molar-refractivity contribution is 5.79. The summed E-state index contributed by atoms with van der Waals surface area (Å²) in [6.07, 6.45) is 4.39. The molecule has 5 heteroatoms. The van der Waals surface area contributed by atoms with Crippen molar-refractivity contribution in [1.29, 1.82) is 0 Å². The normalized spacial score (nSPS) is 12.2. The SMILES string of the molecule is CCCCCN(C(=O)CCC)[C@@H](C)c1nc2ccccc2c(=O)n1-c1ccc(C)cc1C. The van der Waals surface area contributed by atoms with Gasteiger partial charge in [0.1, 0.15) is 5.82 Å². The fourth-order valence-electron chi connectivity index (χ4n) is 4.28. The third kappa shape index (κ3) is 4.93. The molecule has 2 aromatic carbocycles. The summed E-state index contributed by atoms with van der Waals surface area (Å²) in [6, 6.07) is 13.2. The fraction of sp³-hybridized carbons (Fsp3) is 0.444. The van der Waals surface area contributed by atoms with Crippen molar-refractivity contribution in [1.82, 2.24) is 14.5 Å². The smallest absolute Gasteiger partial charge is 0.266 e. The van der Waals surface area contributed by atoms with Crippen LogP contribution in [0, 0.1) is 13.8 Å². The maximum Gasteiger partial charge on any atom is 0.266 e. The van der Waals surface area contributed by atoms with Gasteiger partial charge in [0.05, 0.1) is 22.6 Å². The molecule has 0 aliphatic rings. The summed E-state index contributed by atoms with van der Waals surface area (Å²) in [5.41, 5.74) is 3.53. The molecule has 32 heavy (non-hydrogen) atoms. The number of aryl methyl sites for hydroxylation is 2. The summed E-state index contributed by atoms with van der Waals surface area (Å²) >= 11 is 0. The molecule has 170 valence electrons. The van der Waals surface area contributed by atoms with Crippen LogP contribution in [0.5, 0.6) is 0 Å². The second kappa shape index (κ2) is 10.6. The van der Waals surface area contributed by atoms with Crippen molar-refractivity contribution >= 4 is 16.8 Å². The van der Waals surface area contributed by atoms with Gasteiger partial charge in [0, 0.05) is 13.0 Å². The van der Waals surface area contributed by atoms with Gasteiger partial charge in [-0.25, -0.2) is 4.98 Å². The number of rotatable bonds is 9. The molecule has 1 heterocycles. The van der Waals surface area contributed by atoms with Crippen LogP contribution in [0.2, 0.25) is 0 Å². The molecule has 5 nitrogen and oxygen atoms in total. The number of fused-ring (bicyclic) bond motifs is 1. The van der Waals surface area contributed by atoms with Gasteiger partial charge in [0.2, 0.25) is 5.91 Å². The van der Waals surface area contributed by atoms with Crippen LogP contribution < -0.4 is 5.56 Å². The lowest BCUT2D eigenvalue weighted by Crippen LogP contribution is -2.38. The van der Waals surface area contributed by atoms with Crippen LogP contribution in [0.15, 0.2) is 47.3 Å². The van der Waals surface area contributed by atoms with Crippen LogP contribution in [0.25, 0.3) is 16.6 Å². The molecule has 0 fully saturated rings. The quantitative estimate of drug-likeness (QED) is 0.396. The van der Waals surface area contributed by atoms with Gasteiger partial charge in [-0.15, -0.1) is 0 Å². The Morgan fingerprint density at radius 1 is 1.06 bits per heavy atom. The highest BCUT2D eigenvalue weighted by Crippen LogP contribution is 2.26. The lowest BCUT2D eigenvalue weighted by Gasteiger charge is -2.31. The van der Waals surface area contributed by atoms with E-state index in [0.29, 0.717) is 29.7 Å². The first-order valence-corrected chi connectivity index (χ1v) is 11.8. The van der Waals surface area contributed by atoms with E-state index in [1.165, 1.54) is 0 Å². The van der Waals surface area contributed by atoms with Crippen molar-refractivity contribution in [2.45, 2.75) is 72.8 Å². The number of carbonyl (C=O) groups excluding carboxylic acids is 1. The minimum atomic E-state index is -0.316. The van der Waals surface area contributed by atoms with Crippen molar-refractivity contribution in [3.8, 4) is 5.69 Å². The highest BCUT2D eigenvalue weighted by Gasteiger charge is 2.26. The maximum atomic E-state index is 13.7. The Kier molecular flexibility index (Phi) is 7.84. The van der Waals surface area contributed by atoms with Crippen molar-refractivity contribution in [3.05, 3.63) is 69.8 Å². The van der Waals surface area contributed by atoms with Crippen LogP contribution in [0.4, 0.5) is 0 Å². The number of carbonyl (C=O) groups is 1. The summed E-state index contributed by atoms with van der Waals surface area (Å²) in [7, 11) is 0. The number of hydrogen-bond donors (Lipinski definition) is 0. The molecule has 1 amide bonds. The Balaban J connectivity index is 2.22. The van der Waals surface area contributed by atoms with E-state index in [1.54, 1.807) is 4.57 Å². The van der Waals surface area contributed by atoms with E-state index in [0.717, 1.165) is 42.5 Å². The summed E-state index contributed by atoms with van der Waals surface area (Å²) in [5.74, 6) is 0.729. The molecule has 3 rings (SSSR count). The average molecular weight is 434 g/mol. The van der Waals surface area contributed by atoms with E-state index < -0.39 is 0 Å². The van der Waals surface area contributed by atoms with Gasteiger partial charge in [-0.05, 0) is 57.4 Å². The number of unbranched alkanes of at least 4 members (excludes halogenated alkanes) is 2. The van der Waals surface area contributed by atoms with Gasteiger partial charge in [-0.1, -0.05) is 56.5 Å². The Bertz CT molecular complexity index is 1150. The number of nitrogens with zero attached hydrogens (tertiary/aromatic N) is 3. The molecule has 3 aromatic rings. The van der Waals surface area contributed by atoms with E-state index in [2.05, 4.69) is 13.0 Å². The molecule has 0 saturated heterocycles. The molecule has 1 aromatic heterocycles. The molecule has 0 N–H and O–H groups in total. The van der Waals surface area contributed by atoms with Gasteiger partial charge in [0.25, 0.3) is 5.56 Å². The third-order valence-electron chi connectivity index (χ3n) is 6.02. The molecule has 1 atom stereocenters. The van der Waals surface area contributed by atoms with Crippen LogP contribution in [-0.4, -0.2) is 26.9 Å². The number of benzene rings is 2. The summed E-state index contributed by atoms with van der Waals surface area (Å²) in [5, 5.41) is 0.584. The number of amides is 1. The lowest BCUT2D eigenvalue weighted by molar-refractivity contribution is -0.133. The molecule has 0 aliphatic heterocycles. The fourth-order valence-corrected chi connectivity index (χ4v) is 4.28. The van der Waals surface area contributed by atoms with E-state index in [4.69, 9.17) is 4.98 Å². The number of para-hydroxylation sites is 1. The minimum absolute atomic E-state index is 0.0964. The lowest BCUT2D eigenvalue weighted by atomic mass is 10.1. The monoisotopic (exact) mass is 433 g/mol. The predicted octanol–water partition coefficient (Wildman–Crippen LogP) is 5.88. The number of aromatic nitrogens is 2. The summed E-state index contributed by atoms with van der Waals surface area (Å²) in [4.78, 5) is 33.6. The largest absolute Gasteiger partial charge is 0.333 e. The molecular weight excluding hydrogens is 398 g/mol. The highest BCUT2D eigenvalue weighted by atomic mass is 16.2. The van der Waals surface area contributed by atoms with Crippen LogP contribution >= 0.6 is 0 Å². The molecule has 0 radical (unpaired) electrons. The molecule has 0 unspecified atom stereocenters. The van der Waals surface area contributed by atoms with Crippen LogP contribution in [0.3, 0.4) is 0 Å². The van der Waals surface area contributed by atoms with E-state index in [1.807, 2.05) is 69.0 Å². The van der Waals surface area contributed by atoms with Crippen molar-refractivity contribution in [2.24, 2.45) is 0 Å². The zero-order valence-electron chi connectivity index (χ0n) is 20.0. The summed E-state index contributed by atoms with van der Waals surface area (Å²) < 4.78 is 1.72. The van der Waals surface area contributed by atoms with Crippen molar-refractivity contribution in [3.63, 3.8) is 0 Å².